The number of hydrogen-bond acceptors (Lipinski definition) is 4. The highest BCUT2D eigenvalue weighted by molar-refractivity contribution is 7.99. The van der Waals surface area contributed by atoms with Crippen LogP contribution in [0.2, 0.25) is 0 Å². The number of aryl methyl sites for hydroxylation is 1. The number of fused-ring (bicyclic) bond motifs is 1. The lowest BCUT2D eigenvalue weighted by molar-refractivity contribution is -0.123. The van der Waals surface area contributed by atoms with Crippen LogP contribution in [0.1, 0.15) is 11.7 Å². The summed E-state index contributed by atoms with van der Waals surface area (Å²) in [5.74, 6) is -0.999. The second-order valence-electron chi connectivity index (χ2n) is 4.21. The molecule has 0 aliphatic carbocycles. The zero-order valence-electron chi connectivity index (χ0n) is 9.92. The summed E-state index contributed by atoms with van der Waals surface area (Å²) in [4.78, 5) is 12.5. The number of aromatic nitrogens is 2. The highest BCUT2D eigenvalue weighted by Gasteiger charge is 2.30. The Morgan fingerprint density at radius 3 is 3.00 bits per heavy atom. The van der Waals surface area contributed by atoms with Gasteiger partial charge in [-0.2, -0.15) is 5.10 Å². The Hall–Kier alpha value is -1.86. The van der Waals surface area contributed by atoms with Crippen LogP contribution in [-0.2, 0) is 11.8 Å². The predicted molar refractivity (Wildman–Crippen MR) is 67.3 cm³/mol. The van der Waals surface area contributed by atoms with Crippen molar-refractivity contribution in [2.75, 3.05) is 5.32 Å². The van der Waals surface area contributed by atoms with Crippen LogP contribution in [0.25, 0.3) is 0 Å². The molecule has 7 heteroatoms. The van der Waals surface area contributed by atoms with Crippen molar-refractivity contribution in [2.24, 2.45) is 7.05 Å². The molecule has 1 atom stereocenters. The molecule has 1 aliphatic heterocycles. The Kier molecular flexibility index (Phi) is 2.79. The third-order valence-electron chi connectivity index (χ3n) is 2.81. The molecule has 0 fully saturated rings. The summed E-state index contributed by atoms with van der Waals surface area (Å²) < 4.78 is 15.6. The van der Waals surface area contributed by atoms with Crippen molar-refractivity contribution in [3.63, 3.8) is 0 Å². The molecule has 3 rings (SSSR count). The second-order valence-corrected chi connectivity index (χ2v) is 5.33. The van der Waals surface area contributed by atoms with Crippen LogP contribution < -0.4 is 5.32 Å². The number of nitrogens with one attached hydrogen (secondary N) is 1. The molecule has 2 heterocycles. The summed E-state index contributed by atoms with van der Waals surface area (Å²) in [6.45, 7) is 0. The van der Waals surface area contributed by atoms with Gasteiger partial charge in [0.2, 0.25) is 0 Å². The molecule has 1 aromatic carbocycles. The van der Waals surface area contributed by atoms with E-state index in [1.807, 2.05) is 0 Å². The van der Waals surface area contributed by atoms with Gasteiger partial charge >= 0.3 is 0 Å². The zero-order chi connectivity index (χ0) is 13.6. The summed E-state index contributed by atoms with van der Waals surface area (Å²) in [5, 5.41) is 16.1. The van der Waals surface area contributed by atoms with Crippen molar-refractivity contribution >= 4 is 23.4 Å². The third kappa shape index (κ3) is 2.11. The average molecular weight is 279 g/mol. The first-order chi connectivity index (χ1) is 9.04. The van der Waals surface area contributed by atoms with E-state index in [9.17, 15) is 14.3 Å². The van der Waals surface area contributed by atoms with E-state index < -0.39 is 17.8 Å². The second kappa shape index (κ2) is 4.36. The number of anilines is 1. The first-order valence-electron chi connectivity index (χ1n) is 5.53. The van der Waals surface area contributed by atoms with Gasteiger partial charge < -0.3 is 10.4 Å². The van der Waals surface area contributed by atoms with Crippen molar-refractivity contribution in [3.05, 3.63) is 35.9 Å². The highest BCUT2D eigenvalue weighted by Crippen LogP contribution is 2.38. The van der Waals surface area contributed by atoms with Crippen LogP contribution in [-0.4, -0.2) is 20.8 Å². The van der Waals surface area contributed by atoms with Gasteiger partial charge in [-0.15, -0.1) is 0 Å². The lowest BCUT2D eigenvalue weighted by Gasteiger charge is -2.05. The van der Waals surface area contributed by atoms with Crippen LogP contribution in [0.5, 0.6) is 0 Å². The quantitative estimate of drug-likeness (QED) is 0.878. The van der Waals surface area contributed by atoms with Crippen LogP contribution in [0.3, 0.4) is 0 Å². The number of rotatable bonds is 2. The molecule has 0 radical (unpaired) electrons. The predicted octanol–water partition coefficient (Wildman–Crippen LogP) is 1.70. The SMILES string of the molecule is Cn1cc(Sc2cc3c(cc2F)C(O)C(=O)N3)cn1. The van der Waals surface area contributed by atoms with Crippen molar-refractivity contribution in [3.8, 4) is 0 Å². The van der Waals surface area contributed by atoms with E-state index in [2.05, 4.69) is 10.4 Å². The minimum Gasteiger partial charge on any atom is -0.378 e. The van der Waals surface area contributed by atoms with Gasteiger partial charge in [-0.25, -0.2) is 4.39 Å². The molecule has 1 unspecified atom stereocenters. The number of carbonyl (C=O) groups excluding carboxylic acids is 1. The fourth-order valence-electron chi connectivity index (χ4n) is 1.90. The molecule has 1 aromatic heterocycles. The number of nitrogens with zero attached hydrogens (tertiary/aromatic N) is 2. The summed E-state index contributed by atoms with van der Waals surface area (Å²) in [5.41, 5.74) is 0.725. The fraction of sp³-hybridized carbons (Fsp3) is 0.167. The van der Waals surface area contributed by atoms with Crippen LogP contribution in [0.15, 0.2) is 34.3 Å². The molecular formula is C12H10FN3O2S. The van der Waals surface area contributed by atoms with Crippen LogP contribution in [0.4, 0.5) is 10.1 Å². The zero-order valence-corrected chi connectivity index (χ0v) is 10.7. The van der Waals surface area contributed by atoms with Gasteiger partial charge in [-0.3, -0.25) is 9.48 Å². The molecule has 0 spiro atoms. The van der Waals surface area contributed by atoms with E-state index in [1.54, 1.807) is 24.1 Å². The standard InChI is InChI=1S/C12H10FN3O2S/c1-16-5-6(4-14-16)19-10-3-9-7(2-8(10)13)11(17)12(18)15-9/h2-5,11,17H,1H3,(H,15,18). The van der Waals surface area contributed by atoms with Gasteiger partial charge in [0.15, 0.2) is 6.10 Å². The van der Waals surface area contributed by atoms with E-state index in [0.717, 1.165) is 4.90 Å². The van der Waals surface area contributed by atoms with Gasteiger partial charge in [0, 0.05) is 24.5 Å². The molecule has 19 heavy (non-hydrogen) atoms. The molecule has 1 aliphatic rings. The van der Waals surface area contributed by atoms with Crippen molar-refractivity contribution in [2.45, 2.75) is 15.9 Å². The first kappa shape index (κ1) is 12.2. The van der Waals surface area contributed by atoms with Crippen LogP contribution in [0, 0.1) is 5.82 Å². The molecule has 5 nitrogen and oxygen atoms in total. The van der Waals surface area contributed by atoms with Gasteiger partial charge in [0.1, 0.15) is 5.82 Å². The number of benzene rings is 1. The van der Waals surface area contributed by atoms with Crippen molar-refractivity contribution in [1.29, 1.82) is 0 Å². The molecule has 1 amide bonds. The Morgan fingerprint density at radius 2 is 2.32 bits per heavy atom. The van der Waals surface area contributed by atoms with E-state index in [4.69, 9.17) is 0 Å². The number of amides is 1. The van der Waals surface area contributed by atoms with Gasteiger partial charge in [-0.1, -0.05) is 11.8 Å². The van der Waals surface area contributed by atoms with E-state index >= 15 is 0 Å². The molecule has 2 N–H and O–H groups in total. The molecular weight excluding hydrogens is 269 g/mol. The van der Waals surface area contributed by atoms with Crippen molar-refractivity contribution in [1.82, 2.24) is 9.78 Å². The number of halogens is 1. The number of aliphatic hydroxyl groups excluding tert-OH is 1. The largest absolute Gasteiger partial charge is 0.378 e. The summed E-state index contributed by atoms with van der Waals surface area (Å²) in [6, 6.07) is 2.72. The number of carbonyl (C=O) groups is 1. The molecule has 0 saturated heterocycles. The summed E-state index contributed by atoms with van der Waals surface area (Å²) in [7, 11) is 1.78. The molecule has 0 saturated carbocycles. The van der Waals surface area contributed by atoms with Crippen molar-refractivity contribution < 1.29 is 14.3 Å². The topological polar surface area (TPSA) is 67.2 Å². The monoisotopic (exact) mass is 279 g/mol. The lowest BCUT2D eigenvalue weighted by Crippen LogP contribution is -2.10. The maximum Gasteiger partial charge on any atom is 0.257 e. The Balaban J connectivity index is 1.96. The summed E-state index contributed by atoms with van der Waals surface area (Å²) >= 11 is 1.21. The van der Waals surface area contributed by atoms with E-state index in [1.165, 1.54) is 23.9 Å². The molecule has 0 bridgehead atoms. The normalized spacial score (nSPS) is 17.4. The van der Waals surface area contributed by atoms with Crippen LogP contribution >= 0.6 is 11.8 Å². The highest BCUT2D eigenvalue weighted by atomic mass is 32.2. The first-order valence-corrected chi connectivity index (χ1v) is 6.35. The Labute approximate surface area is 112 Å². The Morgan fingerprint density at radius 1 is 1.53 bits per heavy atom. The lowest BCUT2D eigenvalue weighted by atomic mass is 10.1. The minimum atomic E-state index is -1.29. The minimum absolute atomic E-state index is 0.276. The molecule has 2 aromatic rings. The van der Waals surface area contributed by atoms with Gasteiger partial charge in [0.25, 0.3) is 5.91 Å². The third-order valence-corrected chi connectivity index (χ3v) is 3.79. The van der Waals surface area contributed by atoms with E-state index in [-0.39, 0.29) is 5.56 Å². The fourth-order valence-corrected chi connectivity index (χ4v) is 2.79. The van der Waals surface area contributed by atoms with Gasteiger partial charge in [0.05, 0.1) is 16.0 Å². The average Bonchev–Trinajstić information content (AvgIpc) is 2.87. The number of aliphatic hydroxyl groups is 1. The van der Waals surface area contributed by atoms with Gasteiger partial charge in [-0.05, 0) is 12.1 Å². The summed E-state index contributed by atoms with van der Waals surface area (Å²) in [6.07, 6.45) is 2.11. The maximum atomic E-state index is 13.9. The maximum absolute atomic E-state index is 13.9. The van der Waals surface area contributed by atoms with E-state index in [0.29, 0.717) is 10.6 Å². The molecule has 98 valence electrons. The number of hydrogen-bond donors (Lipinski definition) is 2. The Bertz CT molecular complexity index is 671. The smallest absolute Gasteiger partial charge is 0.257 e.